The number of rotatable bonds is 3. The van der Waals surface area contributed by atoms with Crippen molar-refractivity contribution >= 4 is 29.3 Å². The molecule has 2 aliphatic rings. The lowest BCUT2D eigenvalue weighted by molar-refractivity contribution is -0.122. The molecule has 4 rings (SSSR count). The van der Waals surface area contributed by atoms with Gasteiger partial charge in [-0.3, -0.25) is 9.59 Å². The lowest BCUT2D eigenvalue weighted by Crippen LogP contribution is -2.34. The molecule has 138 valence electrons. The van der Waals surface area contributed by atoms with Crippen LogP contribution >= 0.6 is 0 Å². The van der Waals surface area contributed by atoms with E-state index >= 15 is 0 Å². The molecule has 7 heteroatoms. The van der Waals surface area contributed by atoms with Gasteiger partial charge in [0.1, 0.15) is 19.0 Å². The number of nitrogens with one attached hydrogen (secondary N) is 2. The maximum atomic E-state index is 12.2. The van der Waals surface area contributed by atoms with Gasteiger partial charge in [-0.2, -0.15) is 0 Å². The number of benzene rings is 2. The fourth-order valence-electron chi connectivity index (χ4n) is 2.81. The van der Waals surface area contributed by atoms with Crippen molar-refractivity contribution in [3.05, 3.63) is 48.0 Å². The predicted octanol–water partition coefficient (Wildman–Crippen LogP) is 2.83. The van der Waals surface area contributed by atoms with E-state index in [1.807, 2.05) is 18.2 Å². The molecule has 2 N–H and O–H groups in total. The second kappa shape index (κ2) is 7.03. The van der Waals surface area contributed by atoms with Gasteiger partial charge in [0.25, 0.3) is 5.91 Å². The van der Waals surface area contributed by atoms with Crippen LogP contribution in [0.15, 0.2) is 42.5 Å². The quantitative estimate of drug-likeness (QED) is 0.816. The van der Waals surface area contributed by atoms with Gasteiger partial charge >= 0.3 is 0 Å². The van der Waals surface area contributed by atoms with Gasteiger partial charge in [0.2, 0.25) is 5.91 Å². The van der Waals surface area contributed by atoms with Crippen LogP contribution in [0.2, 0.25) is 0 Å². The normalized spacial score (nSPS) is 17.7. The zero-order chi connectivity index (χ0) is 18.8. The van der Waals surface area contributed by atoms with Crippen LogP contribution in [0.5, 0.6) is 17.2 Å². The first-order valence-corrected chi connectivity index (χ1v) is 8.59. The Morgan fingerprint density at radius 3 is 2.74 bits per heavy atom. The van der Waals surface area contributed by atoms with Gasteiger partial charge in [-0.15, -0.1) is 0 Å². The molecule has 27 heavy (non-hydrogen) atoms. The molecular weight excluding hydrogens is 348 g/mol. The molecule has 0 aromatic heterocycles. The summed E-state index contributed by atoms with van der Waals surface area (Å²) in [4.78, 5) is 23.9. The molecule has 0 fully saturated rings. The van der Waals surface area contributed by atoms with Crippen LogP contribution in [0.1, 0.15) is 12.5 Å². The van der Waals surface area contributed by atoms with Crippen LogP contribution in [-0.4, -0.2) is 31.1 Å². The van der Waals surface area contributed by atoms with Gasteiger partial charge in [-0.1, -0.05) is 6.07 Å². The summed E-state index contributed by atoms with van der Waals surface area (Å²) in [6, 6.07) is 10.6. The Bertz CT molecular complexity index is 938. The van der Waals surface area contributed by atoms with Crippen LogP contribution < -0.4 is 24.8 Å². The van der Waals surface area contributed by atoms with E-state index in [-0.39, 0.29) is 11.8 Å². The standard InChI is InChI=1S/C20H18N2O5/c1-12-20(24)22-15-11-14(4-6-16(15)27-12)21-19(23)7-3-13-2-5-17-18(10-13)26-9-8-25-17/h2-7,10-12H,8-9H2,1H3,(H,21,23)(H,22,24)/b7-3+/t12-/m1/s1. The van der Waals surface area contributed by atoms with E-state index in [1.165, 1.54) is 6.08 Å². The van der Waals surface area contributed by atoms with E-state index in [9.17, 15) is 9.59 Å². The topological polar surface area (TPSA) is 85.9 Å². The highest BCUT2D eigenvalue weighted by atomic mass is 16.6. The average molecular weight is 366 g/mol. The minimum Gasteiger partial charge on any atom is -0.486 e. The number of hydrogen-bond acceptors (Lipinski definition) is 5. The molecular formula is C20H18N2O5. The molecule has 2 aromatic carbocycles. The zero-order valence-corrected chi connectivity index (χ0v) is 14.7. The van der Waals surface area contributed by atoms with E-state index in [0.717, 1.165) is 5.56 Å². The van der Waals surface area contributed by atoms with Crippen LogP contribution in [0.25, 0.3) is 6.08 Å². The van der Waals surface area contributed by atoms with Gasteiger partial charge < -0.3 is 24.8 Å². The van der Waals surface area contributed by atoms with Crippen molar-refractivity contribution in [2.45, 2.75) is 13.0 Å². The number of anilines is 2. The molecule has 0 unspecified atom stereocenters. The van der Waals surface area contributed by atoms with E-state index in [4.69, 9.17) is 14.2 Å². The molecule has 1 atom stereocenters. The largest absolute Gasteiger partial charge is 0.486 e. The molecule has 0 saturated heterocycles. The summed E-state index contributed by atoms with van der Waals surface area (Å²) in [5, 5.41) is 5.51. The van der Waals surface area contributed by atoms with Crippen LogP contribution in [0.3, 0.4) is 0 Å². The monoisotopic (exact) mass is 366 g/mol. The Morgan fingerprint density at radius 1 is 1.11 bits per heavy atom. The summed E-state index contributed by atoms with van der Waals surface area (Å²) in [6.45, 7) is 2.73. The first-order chi connectivity index (χ1) is 13.1. The first kappa shape index (κ1) is 17.0. The molecule has 7 nitrogen and oxygen atoms in total. The molecule has 2 amide bonds. The van der Waals surface area contributed by atoms with Gasteiger partial charge in [0, 0.05) is 11.8 Å². The lowest BCUT2D eigenvalue weighted by Gasteiger charge is -2.23. The van der Waals surface area contributed by atoms with E-state index in [0.29, 0.717) is 41.8 Å². The van der Waals surface area contributed by atoms with Crippen molar-refractivity contribution in [1.29, 1.82) is 0 Å². The molecule has 0 saturated carbocycles. The van der Waals surface area contributed by atoms with Crippen molar-refractivity contribution in [2.75, 3.05) is 23.8 Å². The molecule has 0 aliphatic carbocycles. The van der Waals surface area contributed by atoms with E-state index in [2.05, 4.69) is 10.6 Å². The number of fused-ring (bicyclic) bond motifs is 2. The van der Waals surface area contributed by atoms with Crippen molar-refractivity contribution in [1.82, 2.24) is 0 Å². The Kier molecular flexibility index (Phi) is 4.42. The highest BCUT2D eigenvalue weighted by Gasteiger charge is 2.23. The highest BCUT2D eigenvalue weighted by molar-refractivity contribution is 6.03. The predicted molar refractivity (Wildman–Crippen MR) is 100 cm³/mol. The third-order valence-electron chi connectivity index (χ3n) is 4.17. The SMILES string of the molecule is C[C@H]1Oc2ccc(NC(=O)/C=C/c3ccc4c(c3)OCCO4)cc2NC1=O. The summed E-state index contributed by atoms with van der Waals surface area (Å²) in [6.07, 6.45) is 2.59. The van der Waals surface area contributed by atoms with Crippen LogP contribution in [-0.2, 0) is 9.59 Å². The van der Waals surface area contributed by atoms with Crippen LogP contribution in [0.4, 0.5) is 11.4 Å². The third kappa shape index (κ3) is 3.72. The molecule has 2 aromatic rings. The third-order valence-corrected chi connectivity index (χ3v) is 4.17. The second-order valence-corrected chi connectivity index (χ2v) is 6.19. The number of carbonyl (C=O) groups excluding carboxylic acids is 2. The fraction of sp³-hybridized carbons (Fsp3) is 0.200. The Balaban J connectivity index is 1.43. The van der Waals surface area contributed by atoms with Crippen LogP contribution in [0, 0.1) is 0 Å². The molecule has 2 heterocycles. The summed E-state index contributed by atoms with van der Waals surface area (Å²) in [5.41, 5.74) is 1.92. The van der Waals surface area contributed by atoms with Crippen molar-refractivity contribution < 1.29 is 23.8 Å². The fourth-order valence-corrected chi connectivity index (χ4v) is 2.81. The van der Waals surface area contributed by atoms with Crippen molar-refractivity contribution in [3.63, 3.8) is 0 Å². The smallest absolute Gasteiger partial charge is 0.265 e. The Morgan fingerprint density at radius 2 is 1.89 bits per heavy atom. The summed E-state index contributed by atoms with van der Waals surface area (Å²) >= 11 is 0. The second-order valence-electron chi connectivity index (χ2n) is 6.19. The summed E-state index contributed by atoms with van der Waals surface area (Å²) in [5.74, 6) is 1.44. The van der Waals surface area contributed by atoms with E-state index < -0.39 is 6.10 Å². The van der Waals surface area contributed by atoms with E-state index in [1.54, 1.807) is 31.2 Å². The summed E-state index contributed by atoms with van der Waals surface area (Å²) in [7, 11) is 0. The van der Waals surface area contributed by atoms with Gasteiger partial charge in [0.05, 0.1) is 5.69 Å². The number of amides is 2. The number of carbonyl (C=O) groups is 2. The Hall–Kier alpha value is -3.48. The van der Waals surface area contributed by atoms with Crippen molar-refractivity contribution in [3.8, 4) is 17.2 Å². The molecule has 0 spiro atoms. The molecule has 0 radical (unpaired) electrons. The average Bonchev–Trinajstić information content (AvgIpc) is 2.67. The molecule has 0 bridgehead atoms. The number of ether oxygens (including phenoxy) is 3. The first-order valence-electron chi connectivity index (χ1n) is 8.59. The zero-order valence-electron chi connectivity index (χ0n) is 14.7. The van der Waals surface area contributed by atoms with Gasteiger partial charge in [0.15, 0.2) is 17.6 Å². The number of hydrogen-bond donors (Lipinski definition) is 2. The maximum Gasteiger partial charge on any atom is 0.265 e. The minimum absolute atomic E-state index is 0.218. The Labute approximate surface area is 155 Å². The highest BCUT2D eigenvalue weighted by Crippen LogP contribution is 2.32. The maximum absolute atomic E-state index is 12.2. The lowest BCUT2D eigenvalue weighted by atomic mass is 10.1. The molecule has 2 aliphatic heterocycles. The van der Waals surface area contributed by atoms with Crippen molar-refractivity contribution in [2.24, 2.45) is 0 Å². The van der Waals surface area contributed by atoms with Gasteiger partial charge in [-0.05, 0) is 48.9 Å². The summed E-state index contributed by atoms with van der Waals surface area (Å²) < 4.78 is 16.5. The van der Waals surface area contributed by atoms with Gasteiger partial charge in [-0.25, -0.2) is 0 Å². The minimum atomic E-state index is -0.535.